The Morgan fingerprint density at radius 2 is 2.17 bits per heavy atom. The number of thioether (sulfide) groups is 2. The Hall–Kier alpha value is -2.16. The molecule has 0 bridgehead atoms. The fraction of sp³-hybridized carbons (Fsp3) is 0.286. The van der Waals surface area contributed by atoms with Crippen LogP contribution in [0, 0.1) is 0 Å². The van der Waals surface area contributed by atoms with Crippen molar-refractivity contribution in [2.45, 2.75) is 29.0 Å². The molecule has 0 unspecified atom stereocenters. The Balaban J connectivity index is 1.46. The highest BCUT2D eigenvalue weighted by atomic mass is 35.5. The van der Waals surface area contributed by atoms with Gasteiger partial charge in [0.2, 0.25) is 11.8 Å². The van der Waals surface area contributed by atoms with E-state index >= 15 is 0 Å². The predicted octanol–water partition coefficient (Wildman–Crippen LogP) is 4.63. The number of amides is 2. The molecule has 2 aromatic carbocycles. The molecule has 2 heterocycles. The van der Waals surface area contributed by atoms with Crippen LogP contribution in [0.4, 0.5) is 5.69 Å². The molecule has 1 aliphatic heterocycles. The van der Waals surface area contributed by atoms with E-state index in [0.717, 1.165) is 33.9 Å². The molecule has 0 spiro atoms. The summed E-state index contributed by atoms with van der Waals surface area (Å²) in [7, 11) is 0. The molecule has 0 radical (unpaired) electrons. The third-order valence-electron chi connectivity index (χ3n) is 4.82. The Morgan fingerprint density at radius 3 is 2.97 bits per heavy atom. The monoisotopic (exact) mass is 460 g/mol. The van der Waals surface area contributed by atoms with E-state index in [4.69, 9.17) is 11.6 Å². The summed E-state index contributed by atoms with van der Waals surface area (Å²) in [6.07, 6.45) is 2.87. The van der Waals surface area contributed by atoms with Gasteiger partial charge in [-0.15, -0.1) is 11.8 Å². The number of nitrogens with zero attached hydrogens (tertiary/aromatic N) is 1. The van der Waals surface area contributed by atoms with Crippen LogP contribution >= 0.6 is 35.1 Å². The van der Waals surface area contributed by atoms with Crippen LogP contribution in [-0.4, -0.2) is 39.0 Å². The van der Waals surface area contributed by atoms with Gasteiger partial charge in [-0.2, -0.15) is 11.8 Å². The predicted molar refractivity (Wildman–Crippen MR) is 124 cm³/mol. The van der Waals surface area contributed by atoms with E-state index in [2.05, 4.69) is 20.6 Å². The largest absolute Gasteiger partial charge is 0.346 e. The van der Waals surface area contributed by atoms with Crippen LogP contribution in [0.3, 0.4) is 0 Å². The van der Waals surface area contributed by atoms with Gasteiger partial charge in [-0.3, -0.25) is 9.59 Å². The molecule has 0 fully saturated rings. The van der Waals surface area contributed by atoms with Gasteiger partial charge in [-0.05, 0) is 48.8 Å². The topological polar surface area (TPSA) is 86.9 Å². The summed E-state index contributed by atoms with van der Waals surface area (Å²) < 4.78 is 0. The molecule has 0 saturated heterocycles. The van der Waals surface area contributed by atoms with Crippen LogP contribution in [0.15, 0.2) is 47.4 Å². The first-order valence-corrected chi connectivity index (χ1v) is 12.2. The second-order valence-corrected chi connectivity index (χ2v) is 9.65. The lowest BCUT2D eigenvalue weighted by atomic mass is 10.2. The number of para-hydroxylation sites is 2. The average Bonchev–Trinajstić information content (AvgIpc) is 3.16. The molecule has 30 heavy (non-hydrogen) atoms. The van der Waals surface area contributed by atoms with E-state index < -0.39 is 5.25 Å². The lowest BCUT2D eigenvalue weighted by Crippen LogP contribution is -2.36. The summed E-state index contributed by atoms with van der Waals surface area (Å²) in [4.78, 5) is 34.1. The summed E-state index contributed by atoms with van der Waals surface area (Å²) in [6.45, 7) is 0. The Kier molecular flexibility index (Phi) is 6.55. The first-order valence-electron chi connectivity index (χ1n) is 9.53. The van der Waals surface area contributed by atoms with E-state index in [0.29, 0.717) is 10.7 Å². The van der Waals surface area contributed by atoms with E-state index in [1.165, 1.54) is 11.8 Å². The number of halogens is 1. The first-order chi connectivity index (χ1) is 14.5. The first kappa shape index (κ1) is 21.1. The van der Waals surface area contributed by atoms with Gasteiger partial charge in [-0.25, -0.2) is 4.98 Å². The summed E-state index contributed by atoms with van der Waals surface area (Å²) >= 11 is 9.10. The van der Waals surface area contributed by atoms with E-state index in [-0.39, 0.29) is 24.3 Å². The van der Waals surface area contributed by atoms with Gasteiger partial charge >= 0.3 is 0 Å². The molecule has 4 rings (SSSR count). The van der Waals surface area contributed by atoms with Gasteiger partial charge in [0.25, 0.3) is 0 Å². The van der Waals surface area contributed by atoms with Crippen LogP contribution in [0.5, 0.6) is 0 Å². The highest BCUT2D eigenvalue weighted by Gasteiger charge is 2.30. The molecule has 2 amide bonds. The van der Waals surface area contributed by atoms with Crippen molar-refractivity contribution in [3.63, 3.8) is 0 Å². The van der Waals surface area contributed by atoms with Gasteiger partial charge in [0.1, 0.15) is 5.82 Å². The highest BCUT2D eigenvalue weighted by Crippen LogP contribution is 2.38. The van der Waals surface area contributed by atoms with Crippen LogP contribution in [0.1, 0.15) is 24.7 Å². The van der Waals surface area contributed by atoms with Crippen molar-refractivity contribution in [2.75, 3.05) is 17.3 Å². The van der Waals surface area contributed by atoms with Gasteiger partial charge in [0.15, 0.2) is 0 Å². The summed E-state index contributed by atoms with van der Waals surface area (Å²) in [6, 6.07) is 12.9. The lowest BCUT2D eigenvalue weighted by Gasteiger charge is -2.24. The molecular weight excluding hydrogens is 440 g/mol. The normalized spacial score (nSPS) is 16.7. The van der Waals surface area contributed by atoms with Crippen LogP contribution in [-0.2, 0) is 9.59 Å². The average molecular weight is 461 g/mol. The molecule has 156 valence electrons. The number of carbonyl (C=O) groups is 2. The van der Waals surface area contributed by atoms with Crippen LogP contribution < -0.4 is 10.6 Å². The third kappa shape index (κ3) is 4.77. The molecule has 0 saturated carbocycles. The van der Waals surface area contributed by atoms with Crippen molar-refractivity contribution >= 4 is 63.7 Å². The number of anilines is 1. The minimum Gasteiger partial charge on any atom is -0.346 e. The summed E-state index contributed by atoms with van der Waals surface area (Å²) in [5.41, 5.74) is 2.50. The minimum absolute atomic E-state index is 0.0918. The number of hydrogen-bond donors (Lipinski definition) is 3. The van der Waals surface area contributed by atoms with E-state index in [9.17, 15) is 9.59 Å². The molecular formula is C21H21ClN4O2S2. The van der Waals surface area contributed by atoms with Gasteiger partial charge < -0.3 is 15.6 Å². The van der Waals surface area contributed by atoms with Crippen molar-refractivity contribution < 1.29 is 9.59 Å². The molecule has 9 heteroatoms. The number of carbonyl (C=O) groups excluding carboxylic acids is 2. The van der Waals surface area contributed by atoms with Crippen molar-refractivity contribution in [1.29, 1.82) is 0 Å². The number of H-pyrrole nitrogens is 1. The highest BCUT2D eigenvalue weighted by molar-refractivity contribution is 8.01. The van der Waals surface area contributed by atoms with Gasteiger partial charge in [-0.1, -0.05) is 23.7 Å². The molecule has 1 aliphatic rings. The minimum atomic E-state index is -0.490. The zero-order valence-corrected chi connectivity index (χ0v) is 18.7. The second-order valence-electron chi connectivity index (χ2n) is 6.98. The Bertz CT molecular complexity index is 1050. The lowest BCUT2D eigenvalue weighted by molar-refractivity contribution is -0.124. The Morgan fingerprint density at radius 1 is 1.33 bits per heavy atom. The fourth-order valence-electron chi connectivity index (χ4n) is 3.33. The van der Waals surface area contributed by atoms with Crippen LogP contribution in [0.25, 0.3) is 11.0 Å². The Labute approximate surface area is 187 Å². The number of aromatic nitrogens is 2. The molecule has 3 N–H and O–H groups in total. The maximum absolute atomic E-state index is 12.8. The smallest absolute Gasteiger partial charge is 0.238 e. The maximum atomic E-state index is 12.8. The number of fused-ring (bicyclic) bond motifs is 2. The van der Waals surface area contributed by atoms with Crippen molar-refractivity contribution in [3.05, 3.63) is 53.3 Å². The molecule has 2 atom stereocenters. The van der Waals surface area contributed by atoms with E-state index in [1.54, 1.807) is 23.9 Å². The number of benzene rings is 2. The molecule has 1 aromatic heterocycles. The molecule has 6 nitrogen and oxygen atoms in total. The maximum Gasteiger partial charge on any atom is 0.238 e. The number of rotatable bonds is 7. The van der Waals surface area contributed by atoms with Crippen LogP contribution in [0.2, 0.25) is 5.02 Å². The zero-order chi connectivity index (χ0) is 21.1. The van der Waals surface area contributed by atoms with Gasteiger partial charge in [0, 0.05) is 16.3 Å². The molecule has 3 aromatic rings. The SMILES string of the molecule is CSCC[C@@H](NC(=O)C[C@H]1Sc2ccc(Cl)cc2NC1=O)c1nc2ccccc2[nH]1. The van der Waals surface area contributed by atoms with Crippen molar-refractivity contribution in [2.24, 2.45) is 0 Å². The van der Waals surface area contributed by atoms with Gasteiger partial charge in [0.05, 0.1) is 28.0 Å². The zero-order valence-electron chi connectivity index (χ0n) is 16.3. The quantitative estimate of drug-likeness (QED) is 0.478. The fourth-order valence-corrected chi connectivity index (χ4v) is 5.06. The number of nitrogens with one attached hydrogen (secondary N) is 3. The van der Waals surface area contributed by atoms with Crippen molar-refractivity contribution in [1.82, 2.24) is 15.3 Å². The third-order valence-corrected chi connectivity index (χ3v) is 6.97. The van der Waals surface area contributed by atoms with E-state index in [1.807, 2.05) is 36.6 Å². The standard InChI is InChI=1S/C21H21ClN4O2S2/c1-29-9-8-15(20-24-13-4-2-3-5-14(13)25-20)23-19(27)11-18-21(28)26-16-10-12(22)6-7-17(16)30-18/h2-7,10,15,18H,8-9,11H2,1H3,(H,23,27)(H,24,25)(H,26,28)/t15-,18-/m1/s1. The summed E-state index contributed by atoms with van der Waals surface area (Å²) in [5, 5.41) is 5.99. The number of hydrogen-bond acceptors (Lipinski definition) is 5. The number of aromatic amines is 1. The number of imidazole rings is 1. The molecule has 0 aliphatic carbocycles. The summed E-state index contributed by atoms with van der Waals surface area (Å²) in [5.74, 6) is 1.26. The van der Waals surface area contributed by atoms with Crippen molar-refractivity contribution in [3.8, 4) is 0 Å². The second kappa shape index (κ2) is 9.32.